The lowest BCUT2D eigenvalue weighted by molar-refractivity contribution is 0.0368. The van der Waals surface area contributed by atoms with Crippen LogP contribution in [-0.2, 0) is 16.0 Å². The van der Waals surface area contributed by atoms with Crippen LogP contribution in [0.15, 0.2) is 54.7 Å². The molecule has 2 aromatic heterocycles. The zero-order valence-corrected chi connectivity index (χ0v) is 23.4. The highest BCUT2D eigenvalue weighted by atomic mass is 16.5. The highest BCUT2D eigenvalue weighted by Gasteiger charge is 2.18. The van der Waals surface area contributed by atoms with Crippen molar-refractivity contribution < 1.29 is 14.3 Å². The first-order valence-corrected chi connectivity index (χ1v) is 14.2. The number of aromatic nitrogens is 4. The Kier molecular flexibility index (Phi) is 8.36. The van der Waals surface area contributed by atoms with E-state index < -0.39 is 0 Å². The fraction of sp³-hybridized carbons (Fsp3) is 0.400. The SMILES string of the molecule is CNC(=O)c1ccc(Nc2cc(-c3ccc4cnn(CCCN5CCOCC5)c4c3)nc(N3CCOCC3)n2)cc1. The Morgan fingerprint density at radius 3 is 2.41 bits per heavy atom. The van der Waals surface area contributed by atoms with Crippen molar-refractivity contribution in [3.8, 4) is 11.3 Å². The average Bonchev–Trinajstić information content (AvgIpc) is 3.44. The molecule has 41 heavy (non-hydrogen) atoms. The topological polar surface area (TPSA) is 110 Å². The van der Waals surface area contributed by atoms with Gasteiger partial charge in [-0.2, -0.15) is 10.1 Å². The summed E-state index contributed by atoms with van der Waals surface area (Å²) >= 11 is 0. The third kappa shape index (κ3) is 6.48. The number of ether oxygens (including phenoxy) is 2. The van der Waals surface area contributed by atoms with E-state index in [1.165, 1.54) is 0 Å². The Labute approximate surface area is 239 Å². The molecule has 4 aromatic rings. The zero-order chi connectivity index (χ0) is 28.0. The molecule has 2 saturated heterocycles. The molecule has 214 valence electrons. The average molecular weight is 557 g/mol. The highest BCUT2D eigenvalue weighted by Crippen LogP contribution is 2.28. The van der Waals surface area contributed by atoms with Crippen LogP contribution < -0.4 is 15.5 Å². The number of carbonyl (C=O) groups is 1. The fourth-order valence-electron chi connectivity index (χ4n) is 5.23. The number of carbonyl (C=O) groups excluding carboxylic acids is 1. The molecule has 0 aliphatic carbocycles. The molecule has 0 unspecified atom stereocenters. The monoisotopic (exact) mass is 556 g/mol. The summed E-state index contributed by atoms with van der Waals surface area (Å²) in [5, 5.41) is 11.8. The van der Waals surface area contributed by atoms with E-state index in [1.54, 1.807) is 19.2 Å². The van der Waals surface area contributed by atoms with Gasteiger partial charge in [-0.3, -0.25) is 14.4 Å². The molecule has 6 rings (SSSR count). The summed E-state index contributed by atoms with van der Waals surface area (Å²) < 4.78 is 13.1. The first-order valence-electron chi connectivity index (χ1n) is 14.2. The first kappa shape index (κ1) is 27.1. The third-order valence-electron chi connectivity index (χ3n) is 7.54. The van der Waals surface area contributed by atoms with Gasteiger partial charge >= 0.3 is 0 Å². The van der Waals surface area contributed by atoms with Crippen molar-refractivity contribution in [3.05, 3.63) is 60.3 Å². The molecule has 0 saturated carbocycles. The second-order valence-corrected chi connectivity index (χ2v) is 10.3. The van der Waals surface area contributed by atoms with Crippen molar-refractivity contribution in [1.82, 2.24) is 30.0 Å². The fourth-order valence-corrected chi connectivity index (χ4v) is 5.23. The van der Waals surface area contributed by atoms with Gasteiger partial charge in [0.25, 0.3) is 5.91 Å². The van der Waals surface area contributed by atoms with Crippen LogP contribution >= 0.6 is 0 Å². The molecule has 2 N–H and O–H groups in total. The molecule has 0 radical (unpaired) electrons. The minimum Gasteiger partial charge on any atom is -0.379 e. The van der Waals surface area contributed by atoms with E-state index in [1.807, 2.05) is 24.4 Å². The van der Waals surface area contributed by atoms with Crippen LogP contribution in [0, 0.1) is 0 Å². The van der Waals surface area contributed by atoms with Gasteiger partial charge in [-0.15, -0.1) is 0 Å². The van der Waals surface area contributed by atoms with Crippen LogP contribution in [0.2, 0.25) is 0 Å². The lowest BCUT2D eigenvalue weighted by Crippen LogP contribution is -2.37. The van der Waals surface area contributed by atoms with Gasteiger partial charge in [-0.25, -0.2) is 4.98 Å². The second-order valence-electron chi connectivity index (χ2n) is 10.3. The van der Waals surface area contributed by atoms with Crippen LogP contribution in [0.4, 0.5) is 17.5 Å². The molecular weight excluding hydrogens is 520 g/mol. The number of aryl methyl sites for hydroxylation is 1. The summed E-state index contributed by atoms with van der Waals surface area (Å²) in [6.45, 7) is 8.28. The van der Waals surface area contributed by atoms with E-state index in [0.29, 0.717) is 30.5 Å². The number of nitrogens with zero attached hydrogens (tertiary/aromatic N) is 6. The van der Waals surface area contributed by atoms with Crippen molar-refractivity contribution in [2.75, 3.05) is 76.4 Å². The summed E-state index contributed by atoms with van der Waals surface area (Å²) in [6, 6.07) is 15.7. The van der Waals surface area contributed by atoms with Gasteiger partial charge in [0.1, 0.15) is 5.82 Å². The Balaban J connectivity index is 1.27. The van der Waals surface area contributed by atoms with Gasteiger partial charge in [0.2, 0.25) is 5.95 Å². The van der Waals surface area contributed by atoms with E-state index in [9.17, 15) is 4.79 Å². The Bertz CT molecular complexity index is 1480. The lowest BCUT2D eigenvalue weighted by atomic mass is 10.1. The second kappa shape index (κ2) is 12.6. The predicted molar refractivity (Wildman–Crippen MR) is 159 cm³/mol. The number of anilines is 3. The van der Waals surface area contributed by atoms with Crippen LogP contribution in [0.3, 0.4) is 0 Å². The van der Waals surface area contributed by atoms with Crippen molar-refractivity contribution in [3.63, 3.8) is 0 Å². The Morgan fingerprint density at radius 1 is 0.902 bits per heavy atom. The predicted octanol–water partition coefficient (Wildman–Crippen LogP) is 3.16. The van der Waals surface area contributed by atoms with Crippen LogP contribution in [0.5, 0.6) is 0 Å². The standard InChI is InChI=1S/C30H36N8O3/c1-31-29(39)22-5-7-25(8-6-22)33-28-20-26(34-30(35-28)37-13-17-41-18-14-37)23-3-4-24-21-32-38(27(24)19-23)10-2-9-36-11-15-40-16-12-36/h3-8,19-21H,2,9-18H2,1H3,(H,31,39)(H,33,34,35). The number of fused-ring (bicyclic) bond motifs is 1. The molecular formula is C30H36N8O3. The van der Waals surface area contributed by atoms with Crippen LogP contribution in [0.1, 0.15) is 16.8 Å². The minimum absolute atomic E-state index is 0.119. The molecule has 11 nitrogen and oxygen atoms in total. The number of morpholine rings is 2. The maximum atomic E-state index is 12.0. The summed E-state index contributed by atoms with van der Waals surface area (Å²) in [7, 11) is 1.62. The number of rotatable bonds is 9. The smallest absolute Gasteiger partial charge is 0.251 e. The number of hydrogen-bond donors (Lipinski definition) is 2. The largest absolute Gasteiger partial charge is 0.379 e. The maximum absolute atomic E-state index is 12.0. The Morgan fingerprint density at radius 2 is 1.66 bits per heavy atom. The molecule has 2 aromatic carbocycles. The van der Waals surface area contributed by atoms with E-state index >= 15 is 0 Å². The van der Waals surface area contributed by atoms with Crippen molar-refractivity contribution >= 4 is 34.3 Å². The van der Waals surface area contributed by atoms with E-state index in [4.69, 9.17) is 19.4 Å². The molecule has 0 bridgehead atoms. The number of benzene rings is 2. The molecule has 11 heteroatoms. The molecule has 2 aliphatic heterocycles. The maximum Gasteiger partial charge on any atom is 0.251 e. The third-order valence-corrected chi connectivity index (χ3v) is 7.54. The van der Waals surface area contributed by atoms with Gasteiger partial charge < -0.3 is 25.0 Å². The highest BCUT2D eigenvalue weighted by molar-refractivity contribution is 5.94. The molecule has 4 heterocycles. The summed E-state index contributed by atoms with van der Waals surface area (Å²) in [5.41, 5.74) is 4.36. The molecule has 0 atom stereocenters. The first-order chi connectivity index (χ1) is 20.2. The van der Waals surface area contributed by atoms with E-state index in [2.05, 4.69) is 48.4 Å². The minimum atomic E-state index is -0.119. The molecule has 0 spiro atoms. The number of nitrogens with one attached hydrogen (secondary N) is 2. The Hall–Kier alpha value is -4.06. The quantitative estimate of drug-likeness (QED) is 0.321. The van der Waals surface area contributed by atoms with Gasteiger partial charge in [0.15, 0.2) is 0 Å². The van der Waals surface area contributed by atoms with Crippen LogP contribution in [-0.4, -0.2) is 96.8 Å². The van der Waals surface area contributed by atoms with Gasteiger partial charge in [-0.1, -0.05) is 12.1 Å². The van der Waals surface area contributed by atoms with Crippen molar-refractivity contribution in [2.24, 2.45) is 0 Å². The molecule has 1 amide bonds. The van der Waals surface area contributed by atoms with Crippen molar-refractivity contribution in [2.45, 2.75) is 13.0 Å². The normalized spacial score (nSPS) is 16.2. The van der Waals surface area contributed by atoms with Crippen molar-refractivity contribution in [1.29, 1.82) is 0 Å². The van der Waals surface area contributed by atoms with E-state index in [-0.39, 0.29) is 5.91 Å². The zero-order valence-electron chi connectivity index (χ0n) is 23.4. The lowest BCUT2D eigenvalue weighted by Gasteiger charge is -2.27. The summed E-state index contributed by atoms with van der Waals surface area (Å²) in [6.07, 6.45) is 2.96. The number of amides is 1. The summed E-state index contributed by atoms with van der Waals surface area (Å²) in [5.74, 6) is 1.23. The summed E-state index contributed by atoms with van der Waals surface area (Å²) in [4.78, 5) is 26.4. The van der Waals surface area contributed by atoms with E-state index in [0.717, 1.165) is 86.8 Å². The molecule has 2 aliphatic rings. The van der Waals surface area contributed by atoms with Gasteiger partial charge in [-0.05, 0) is 36.8 Å². The van der Waals surface area contributed by atoms with Crippen LogP contribution in [0.25, 0.3) is 22.2 Å². The van der Waals surface area contributed by atoms with Gasteiger partial charge in [0, 0.05) is 74.6 Å². The molecule has 2 fully saturated rings. The number of hydrogen-bond acceptors (Lipinski definition) is 9. The van der Waals surface area contributed by atoms with Gasteiger partial charge in [0.05, 0.1) is 43.8 Å².